The monoisotopic (exact) mass is 393 g/mol. The normalized spacial score (nSPS) is 11.2. The summed E-state index contributed by atoms with van der Waals surface area (Å²) in [6.07, 6.45) is 1.75. The average Bonchev–Trinajstić information content (AvgIpc) is 2.69. The highest BCUT2D eigenvalue weighted by Crippen LogP contribution is 2.19. The molecule has 0 aliphatic heterocycles. The molecule has 0 N–H and O–H groups in total. The van der Waals surface area contributed by atoms with E-state index in [4.69, 9.17) is 21.7 Å². The van der Waals surface area contributed by atoms with Gasteiger partial charge >= 0.3 is 0 Å². The molecule has 0 amide bonds. The highest BCUT2D eigenvalue weighted by Gasteiger charge is 2.11. The Bertz CT molecular complexity index is 1070. The predicted octanol–water partition coefficient (Wildman–Crippen LogP) is 5.33. The van der Waals surface area contributed by atoms with Crippen molar-refractivity contribution >= 4 is 17.3 Å². The zero-order valence-electron chi connectivity index (χ0n) is 15.4. The molecule has 1 heterocycles. The molecule has 0 aliphatic carbocycles. The van der Waals surface area contributed by atoms with Gasteiger partial charge in [-0.2, -0.15) is 5.26 Å². The fourth-order valence-corrected chi connectivity index (χ4v) is 2.68. The summed E-state index contributed by atoms with van der Waals surface area (Å²) in [5, 5.41) is 13.7. The molecule has 0 aliphatic rings. The number of rotatable bonds is 5. The van der Waals surface area contributed by atoms with Gasteiger partial charge in [0.05, 0.1) is 11.3 Å². The van der Waals surface area contributed by atoms with Crippen LogP contribution in [0.2, 0.25) is 5.02 Å². The number of aryl methyl sites for hydroxylation is 2. The Balaban J connectivity index is 1.90. The summed E-state index contributed by atoms with van der Waals surface area (Å²) >= 11 is 6.13. The van der Waals surface area contributed by atoms with Crippen LogP contribution >= 0.6 is 11.6 Å². The van der Waals surface area contributed by atoms with E-state index in [1.54, 1.807) is 24.4 Å². The third-order valence-electron chi connectivity index (χ3n) is 4.13. The summed E-state index contributed by atoms with van der Waals surface area (Å²) in [4.78, 5) is 9.91. The number of aromatic nitrogens is 1. The van der Waals surface area contributed by atoms with Crippen LogP contribution in [0.3, 0.4) is 0 Å². The Hall–Kier alpha value is -3.23. The second-order valence-electron chi connectivity index (χ2n) is 6.32. The molecule has 3 rings (SSSR count). The van der Waals surface area contributed by atoms with Crippen molar-refractivity contribution in [3.05, 3.63) is 99.1 Å². The molecule has 0 spiro atoms. The second-order valence-corrected chi connectivity index (χ2v) is 6.73. The first-order chi connectivity index (χ1) is 13.5. The van der Waals surface area contributed by atoms with Gasteiger partial charge < -0.3 is 4.84 Å². The maximum Gasteiger partial charge on any atom is 0.142 e. The Morgan fingerprint density at radius 1 is 1.18 bits per heavy atom. The van der Waals surface area contributed by atoms with E-state index in [-0.39, 0.29) is 12.2 Å². The highest BCUT2D eigenvalue weighted by atomic mass is 35.5. The molecule has 140 valence electrons. The van der Waals surface area contributed by atoms with Gasteiger partial charge in [0, 0.05) is 16.8 Å². The molecule has 2 aromatic carbocycles. The minimum atomic E-state index is -0.582. The Kier molecular flexibility index (Phi) is 6.03. The van der Waals surface area contributed by atoms with Crippen LogP contribution in [0.15, 0.2) is 59.9 Å². The third-order valence-corrected chi connectivity index (χ3v) is 4.55. The molecule has 28 heavy (non-hydrogen) atoms. The van der Waals surface area contributed by atoms with Gasteiger partial charge in [-0.1, -0.05) is 35.0 Å². The van der Waals surface area contributed by atoms with E-state index in [0.29, 0.717) is 22.0 Å². The van der Waals surface area contributed by atoms with Crippen molar-refractivity contribution in [1.29, 1.82) is 5.26 Å². The predicted molar refractivity (Wildman–Crippen MR) is 107 cm³/mol. The first kappa shape index (κ1) is 19.5. The number of halogens is 2. The standard InChI is InChI=1S/C22H17ClFN3O/c1-14-3-8-21(26-12-14)22(17-6-7-19(23)15(2)9-17)27-28-13-16-4-5-18(11-25)20(24)10-16/h3-10,12H,13H2,1-2H3/b27-22+. The number of nitrogens with zero attached hydrogens (tertiary/aromatic N) is 3. The summed E-state index contributed by atoms with van der Waals surface area (Å²) in [7, 11) is 0. The Morgan fingerprint density at radius 2 is 2.00 bits per heavy atom. The van der Waals surface area contributed by atoms with Crippen molar-refractivity contribution in [2.45, 2.75) is 20.5 Å². The summed E-state index contributed by atoms with van der Waals surface area (Å²) in [6.45, 7) is 3.92. The van der Waals surface area contributed by atoms with E-state index < -0.39 is 5.82 Å². The number of benzene rings is 2. The van der Waals surface area contributed by atoms with Gasteiger partial charge in [-0.25, -0.2) is 4.39 Å². The number of pyridine rings is 1. The van der Waals surface area contributed by atoms with Crippen molar-refractivity contribution in [3.63, 3.8) is 0 Å². The lowest BCUT2D eigenvalue weighted by molar-refractivity contribution is 0.130. The third kappa shape index (κ3) is 4.54. The highest BCUT2D eigenvalue weighted by molar-refractivity contribution is 6.31. The van der Waals surface area contributed by atoms with E-state index in [2.05, 4.69) is 10.1 Å². The van der Waals surface area contributed by atoms with Crippen molar-refractivity contribution in [2.75, 3.05) is 0 Å². The van der Waals surface area contributed by atoms with Crippen LogP contribution in [0.5, 0.6) is 0 Å². The molecular formula is C22H17ClFN3O. The van der Waals surface area contributed by atoms with Gasteiger partial charge in [-0.05, 0) is 60.9 Å². The largest absolute Gasteiger partial charge is 0.390 e. The van der Waals surface area contributed by atoms with Crippen molar-refractivity contribution < 1.29 is 9.23 Å². The number of oxime groups is 1. The summed E-state index contributed by atoms with van der Waals surface area (Å²) in [5.74, 6) is -0.582. The van der Waals surface area contributed by atoms with Crippen LogP contribution in [-0.4, -0.2) is 10.7 Å². The van der Waals surface area contributed by atoms with E-state index in [1.807, 2.05) is 38.1 Å². The van der Waals surface area contributed by atoms with Crippen molar-refractivity contribution in [3.8, 4) is 6.07 Å². The zero-order chi connectivity index (χ0) is 20.1. The first-order valence-corrected chi connectivity index (χ1v) is 8.94. The van der Waals surface area contributed by atoms with Crippen LogP contribution in [0.4, 0.5) is 4.39 Å². The molecule has 0 unspecified atom stereocenters. The van der Waals surface area contributed by atoms with E-state index >= 15 is 0 Å². The van der Waals surface area contributed by atoms with Crippen LogP contribution in [0, 0.1) is 31.0 Å². The fraction of sp³-hybridized carbons (Fsp3) is 0.136. The quantitative estimate of drug-likeness (QED) is 0.434. The van der Waals surface area contributed by atoms with Crippen LogP contribution in [0.1, 0.15) is 33.5 Å². The Morgan fingerprint density at radius 3 is 2.64 bits per heavy atom. The van der Waals surface area contributed by atoms with Crippen LogP contribution < -0.4 is 0 Å². The van der Waals surface area contributed by atoms with Crippen LogP contribution in [-0.2, 0) is 11.4 Å². The molecule has 0 saturated carbocycles. The zero-order valence-corrected chi connectivity index (χ0v) is 16.2. The van der Waals surface area contributed by atoms with Gasteiger partial charge in [-0.15, -0.1) is 0 Å². The summed E-state index contributed by atoms with van der Waals surface area (Å²) in [5.41, 5.74) is 4.52. The molecule has 1 aromatic heterocycles. The first-order valence-electron chi connectivity index (χ1n) is 8.56. The van der Waals surface area contributed by atoms with Crippen molar-refractivity contribution in [1.82, 2.24) is 4.98 Å². The molecule has 0 atom stereocenters. The van der Waals surface area contributed by atoms with Gasteiger partial charge in [0.25, 0.3) is 0 Å². The number of hydrogen-bond donors (Lipinski definition) is 0. The van der Waals surface area contributed by atoms with E-state index in [9.17, 15) is 4.39 Å². The topological polar surface area (TPSA) is 58.3 Å². The maximum atomic E-state index is 13.7. The average molecular weight is 394 g/mol. The van der Waals surface area contributed by atoms with Gasteiger partial charge in [0.2, 0.25) is 0 Å². The van der Waals surface area contributed by atoms with Gasteiger partial charge in [0.15, 0.2) is 0 Å². The molecule has 0 bridgehead atoms. The molecule has 0 fully saturated rings. The fourth-order valence-electron chi connectivity index (χ4n) is 2.56. The lowest BCUT2D eigenvalue weighted by Crippen LogP contribution is -2.07. The molecule has 0 radical (unpaired) electrons. The molecule has 3 aromatic rings. The summed E-state index contributed by atoms with van der Waals surface area (Å²) in [6, 6.07) is 15.5. The number of hydrogen-bond acceptors (Lipinski definition) is 4. The van der Waals surface area contributed by atoms with E-state index in [1.165, 1.54) is 12.1 Å². The SMILES string of the molecule is Cc1ccc(/C(=N/OCc2ccc(C#N)c(F)c2)c2ccc(Cl)c(C)c2)nc1. The number of nitriles is 1. The molecule has 4 nitrogen and oxygen atoms in total. The minimum absolute atomic E-state index is 0.00608. The molecule has 0 saturated heterocycles. The van der Waals surface area contributed by atoms with E-state index in [0.717, 1.165) is 16.7 Å². The van der Waals surface area contributed by atoms with Crippen molar-refractivity contribution in [2.24, 2.45) is 5.16 Å². The maximum absolute atomic E-state index is 13.7. The lowest BCUT2D eigenvalue weighted by Gasteiger charge is -2.09. The second kappa shape index (κ2) is 8.64. The summed E-state index contributed by atoms with van der Waals surface area (Å²) < 4.78 is 13.7. The minimum Gasteiger partial charge on any atom is -0.390 e. The molecular weight excluding hydrogens is 377 g/mol. The Labute approximate surface area is 167 Å². The van der Waals surface area contributed by atoms with Gasteiger partial charge in [0.1, 0.15) is 24.2 Å². The lowest BCUT2D eigenvalue weighted by atomic mass is 10.0. The molecule has 6 heteroatoms. The van der Waals surface area contributed by atoms with Crippen LogP contribution in [0.25, 0.3) is 0 Å². The smallest absolute Gasteiger partial charge is 0.142 e. The van der Waals surface area contributed by atoms with Gasteiger partial charge in [-0.3, -0.25) is 4.98 Å².